The Morgan fingerprint density at radius 2 is 1.86 bits per heavy atom. The molecule has 0 aliphatic heterocycles. The smallest absolute Gasteiger partial charge is 0.481 e. The Hall–Kier alpha value is -2.25. The highest BCUT2D eigenvalue weighted by molar-refractivity contribution is 5.76. The van der Waals surface area contributed by atoms with Crippen molar-refractivity contribution in [2.75, 3.05) is 0 Å². The number of aliphatic carboxylic acids is 1. The van der Waals surface area contributed by atoms with Crippen molar-refractivity contribution in [3.8, 4) is 5.75 Å². The summed E-state index contributed by atoms with van der Waals surface area (Å²) in [5.74, 6) is -1.82. The monoisotopic (exact) mass is 305 g/mol. The molecule has 0 heterocycles. The van der Waals surface area contributed by atoms with E-state index >= 15 is 0 Å². The predicted molar refractivity (Wildman–Crippen MR) is 66.5 cm³/mol. The minimum Gasteiger partial charge on any atom is -0.481 e. The van der Waals surface area contributed by atoms with Gasteiger partial charge in [-0.15, -0.1) is 13.2 Å². The molecular formula is C13H14F3NO4. The lowest BCUT2D eigenvalue weighted by atomic mass is 10.2. The summed E-state index contributed by atoms with van der Waals surface area (Å²) in [5.41, 5.74) is 0.182. The van der Waals surface area contributed by atoms with E-state index in [4.69, 9.17) is 5.11 Å². The number of nitrogens with one attached hydrogen (secondary N) is 1. The summed E-state index contributed by atoms with van der Waals surface area (Å²) in [4.78, 5) is 21.7. The van der Waals surface area contributed by atoms with Gasteiger partial charge in [-0.3, -0.25) is 9.59 Å². The van der Waals surface area contributed by atoms with E-state index in [-0.39, 0.29) is 37.1 Å². The molecule has 21 heavy (non-hydrogen) atoms. The van der Waals surface area contributed by atoms with Gasteiger partial charge in [0.25, 0.3) is 0 Å². The number of carbonyl (C=O) groups is 2. The molecule has 5 nitrogen and oxygen atoms in total. The van der Waals surface area contributed by atoms with E-state index in [9.17, 15) is 22.8 Å². The zero-order chi connectivity index (χ0) is 15.9. The molecule has 0 aromatic heterocycles. The van der Waals surface area contributed by atoms with Gasteiger partial charge in [0.05, 0.1) is 0 Å². The number of carboxylic acid groups (broad SMARTS) is 1. The molecule has 2 N–H and O–H groups in total. The number of amides is 1. The van der Waals surface area contributed by atoms with E-state index in [2.05, 4.69) is 10.1 Å². The zero-order valence-corrected chi connectivity index (χ0v) is 10.9. The number of carbonyl (C=O) groups excluding carboxylic acids is 1. The lowest BCUT2D eigenvalue weighted by molar-refractivity contribution is -0.274. The Morgan fingerprint density at radius 3 is 2.48 bits per heavy atom. The van der Waals surface area contributed by atoms with Crippen LogP contribution in [0.1, 0.15) is 24.8 Å². The molecule has 116 valence electrons. The Bertz CT molecular complexity index is 502. The third-order valence-corrected chi connectivity index (χ3v) is 2.47. The average Bonchev–Trinajstić information content (AvgIpc) is 2.35. The van der Waals surface area contributed by atoms with Crippen LogP contribution < -0.4 is 10.1 Å². The van der Waals surface area contributed by atoms with Crippen molar-refractivity contribution in [3.05, 3.63) is 29.8 Å². The number of hydrogen-bond acceptors (Lipinski definition) is 3. The van der Waals surface area contributed by atoms with Crippen LogP contribution in [0.15, 0.2) is 24.3 Å². The number of hydrogen-bond donors (Lipinski definition) is 2. The van der Waals surface area contributed by atoms with E-state index in [1.165, 1.54) is 18.2 Å². The van der Waals surface area contributed by atoms with Crippen LogP contribution in [0, 0.1) is 0 Å². The first-order valence-electron chi connectivity index (χ1n) is 6.10. The fourth-order valence-corrected chi connectivity index (χ4v) is 1.56. The molecule has 0 spiro atoms. The van der Waals surface area contributed by atoms with Gasteiger partial charge in [0.1, 0.15) is 5.75 Å². The number of para-hydroxylation sites is 1. The summed E-state index contributed by atoms with van der Waals surface area (Å²) in [6.07, 6.45) is -4.78. The first kappa shape index (κ1) is 16.8. The van der Waals surface area contributed by atoms with Gasteiger partial charge in [0.2, 0.25) is 5.91 Å². The standard InChI is InChI=1S/C13H14F3NO4/c14-13(15,16)21-10-5-2-1-4-9(10)8-17-11(18)6-3-7-12(19)20/h1-2,4-5H,3,6-8H2,(H,17,18)(H,19,20). The Balaban J connectivity index is 2.51. The van der Waals surface area contributed by atoms with Gasteiger partial charge in [-0.1, -0.05) is 18.2 Å². The third-order valence-electron chi connectivity index (χ3n) is 2.47. The molecule has 0 bridgehead atoms. The number of rotatable bonds is 7. The highest BCUT2D eigenvalue weighted by atomic mass is 19.4. The fourth-order valence-electron chi connectivity index (χ4n) is 1.56. The summed E-state index contributed by atoms with van der Waals surface area (Å²) in [6, 6.07) is 5.46. The summed E-state index contributed by atoms with van der Waals surface area (Å²) in [7, 11) is 0. The lowest BCUT2D eigenvalue weighted by Gasteiger charge is -2.13. The lowest BCUT2D eigenvalue weighted by Crippen LogP contribution is -2.24. The number of halogens is 3. The molecule has 1 rings (SSSR count). The summed E-state index contributed by atoms with van der Waals surface area (Å²) in [5, 5.41) is 10.8. The maximum atomic E-state index is 12.2. The molecule has 0 fully saturated rings. The number of carboxylic acids is 1. The van der Waals surface area contributed by atoms with Crippen molar-refractivity contribution in [1.29, 1.82) is 0 Å². The van der Waals surface area contributed by atoms with Crippen molar-refractivity contribution in [2.24, 2.45) is 0 Å². The molecular weight excluding hydrogens is 291 g/mol. The van der Waals surface area contributed by atoms with Crippen molar-refractivity contribution in [1.82, 2.24) is 5.32 Å². The Kier molecular flexibility index (Phi) is 6.01. The van der Waals surface area contributed by atoms with E-state index in [1.54, 1.807) is 0 Å². The van der Waals surface area contributed by atoms with Crippen LogP contribution >= 0.6 is 0 Å². The molecule has 8 heteroatoms. The molecule has 0 unspecified atom stereocenters. The van der Waals surface area contributed by atoms with E-state index in [0.717, 1.165) is 6.07 Å². The Morgan fingerprint density at radius 1 is 1.19 bits per heavy atom. The minimum atomic E-state index is -4.80. The third kappa shape index (κ3) is 7.19. The highest BCUT2D eigenvalue weighted by Crippen LogP contribution is 2.26. The van der Waals surface area contributed by atoms with Crippen LogP contribution in [-0.2, 0) is 16.1 Å². The van der Waals surface area contributed by atoms with Gasteiger partial charge in [-0.05, 0) is 12.5 Å². The second kappa shape index (κ2) is 7.51. The molecule has 1 aromatic rings. The maximum absolute atomic E-state index is 12.2. The van der Waals surface area contributed by atoms with Crippen LogP contribution in [0.2, 0.25) is 0 Å². The van der Waals surface area contributed by atoms with E-state index in [1.807, 2.05) is 0 Å². The van der Waals surface area contributed by atoms with Gasteiger partial charge >= 0.3 is 12.3 Å². The molecule has 0 aliphatic rings. The van der Waals surface area contributed by atoms with Gasteiger partial charge in [0.15, 0.2) is 0 Å². The fraction of sp³-hybridized carbons (Fsp3) is 0.385. The van der Waals surface area contributed by atoms with Crippen LogP contribution in [0.25, 0.3) is 0 Å². The maximum Gasteiger partial charge on any atom is 0.573 e. The molecule has 0 aliphatic carbocycles. The number of alkyl halides is 3. The van der Waals surface area contributed by atoms with Gasteiger partial charge in [-0.2, -0.15) is 0 Å². The van der Waals surface area contributed by atoms with Crippen molar-refractivity contribution >= 4 is 11.9 Å². The van der Waals surface area contributed by atoms with Crippen LogP contribution in [0.3, 0.4) is 0 Å². The van der Waals surface area contributed by atoms with Gasteiger partial charge in [0, 0.05) is 24.9 Å². The second-order valence-electron chi connectivity index (χ2n) is 4.18. The van der Waals surface area contributed by atoms with Crippen LogP contribution in [-0.4, -0.2) is 23.3 Å². The first-order valence-corrected chi connectivity index (χ1v) is 6.10. The van der Waals surface area contributed by atoms with Crippen LogP contribution in [0.4, 0.5) is 13.2 Å². The van der Waals surface area contributed by atoms with Crippen molar-refractivity contribution in [3.63, 3.8) is 0 Å². The van der Waals surface area contributed by atoms with Gasteiger partial charge in [-0.25, -0.2) is 0 Å². The number of benzene rings is 1. The topological polar surface area (TPSA) is 75.6 Å². The first-order chi connectivity index (χ1) is 9.78. The SMILES string of the molecule is O=C(O)CCCC(=O)NCc1ccccc1OC(F)(F)F. The van der Waals surface area contributed by atoms with Gasteiger partial charge < -0.3 is 15.2 Å². The quantitative estimate of drug-likeness (QED) is 0.811. The molecule has 0 saturated heterocycles. The highest BCUT2D eigenvalue weighted by Gasteiger charge is 2.31. The summed E-state index contributed by atoms with van der Waals surface area (Å²) < 4.78 is 40.4. The largest absolute Gasteiger partial charge is 0.573 e. The van der Waals surface area contributed by atoms with Crippen molar-refractivity contribution < 1.29 is 32.6 Å². The minimum absolute atomic E-state index is 0.00536. The van der Waals surface area contributed by atoms with Crippen molar-refractivity contribution in [2.45, 2.75) is 32.2 Å². The summed E-state index contributed by atoms with van der Waals surface area (Å²) in [6.45, 7) is -0.127. The van der Waals surface area contributed by atoms with E-state index < -0.39 is 18.2 Å². The molecule has 0 radical (unpaired) electrons. The summed E-state index contributed by atoms with van der Waals surface area (Å²) >= 11 is 0. The zero-order valence-electron chi connectivity index (χ0n) is 10.9. The van der Waals surface area contributed by atoms with E-state index in [0.29, 0.717) is 0 Å². The average molecular weight is 305 g/mol. The molecule has 1 amide bonds. The molecule has 0 saturated carbocycles. The Labute approximate surface area is 118 Å². The normalized spacial score (nSPS) is 11.0. The second-order valence-corrected chi connectivity index (χ2v) is 4.18. The van der Waals surface area contributed by atoms with Crippen LogP contribution in [0.5, 0.6) is 5.75 Å². The molecule has 1 aromatic carbocycles. The molecule has 0 atom stereocenters. The number of ether oxygens (including phenoxy) is 1. The predicted octanol–water partition coefficient (Wildman–Crippen LogP) is 2.46.